The number of halogens is 1. The Morgan fingerprint density at radius 2 is 2.21 bits per heavy atom. The fraction of sp³-hybridized carbons (Fsp3) is 0.300. The lowest BCUT2D eigenvalue weighted by molar-refractivity contribution is 0.0781. The maximum atomic E-state index is 11.2. The zero-order chi connectivity index (χ0) is 10.6. The lowest BCUT2D eigenvalue weighted by Gasteiger charge is -2.04. The molecule has 0 saturated carbocycles. The molecule has 3 nitrogen and oxygen atoms in total. The quantitative estimate of drug-likeness (QED) is 0.901. The average molecular weight is 258 g/mol. The maximum absolute atomic E-state index is 11.2. The fourth-order valence-electron chi connectivity index (χ4n) is 1.34. The molecule has 0 unspecified atom stereocenters. The van der Waals surface area contributed by atoms with Gasteiger partial charge in [0.1, 0.15) is 0 Å². The van der Waals surface area contributed by atoms with Gasteiger partial charge in [0.25, 0.3) is 0 Å². The number of benzene rings is 1. The highest BCUT2D eigenvalue weighted by molar-refractivity contribution is 9.06. The van der Waals surface area contributed by atoms with Crippen LogP contribution in [-0.2, 0) is 10.2 Å². The van der Waals surface area contributed by atoms with E-state index in [0.717, 1.165) is 17.5 Å². The maximum Gasteiger partial charge on any atom is 0.349 e. The van der Waals surface area contributed by atoms with Crippen LogP contribution >= 0.6 is 16.3 Å². The van der Waals surface area contributed by atoms with Gasteiger partial charge in [-0.05, 0) is 43.1 Å². The first-order chi connectivity index (χ1) is 6.67. The average Bonchev–Trinajstić information content (AvgIpc) is 2.16. The normalized spacial score (nSPS) is 9.93. The predicted octanol–water partition coefficient (Wildman–Crippen LogP) is 1.96. The second kappa shape index (κ2) is 5.12. The Morgan fingerprint density at radius 1 is 1.50 bits per heavy atom. The van der Waals surface area contributed by atoms with E-state index in [1.54, 1.807) is 12.1 Å². The molecule has 0 fully saturated rings. The molecule has 0 bridgehead atoms. The van der Waals surface area contributed by atoms with Crippen molar-refractivity contribution >= 4 is 22.2 Å². The second-order valence-electron chi connectivity index (χ2n) is 3.11. The summed E-state index contributed by atoms with van der Waals surface area (Å²) in [6.45, 7) is 2.51. The predicted molar refractivity (Wildman–Crippen MR) is 58.3 cm³/mol. The Labute approximate surface area is 91.7 Å². The number of hydrogen-bond acceptors (Lipinski definition) is 3. The van der Waals surface area contributed by atoms with Crippen LogP contribution in [0.25, 0.3) is 0 Å². The van der Waals surface area contributed by atoms with Crippen LogP contribution in [0.2, 0.25) is 0 Å². The van der Waals surface area contributed by atoms with E-state index in [1.807, 2.05) is 13.0 Å². The third-order valence-corrected chi connectivity index (χ3v) is 2.17. The summed E-state index contributed by atoms with van der Waals surface area (Å²) in [6, 6.07) is 5.59. The molecule has 0 aliphatic heterocycles. The van der Waals surface area contributed by atoms with Gasteiger partial charge in [-0.25, -0.2) is 4.79 Å². The molecule has 2 N–H and O–H groups in total. The lowest BCUT2D eigenvalue weighted by Crippen LogP contribution is -2.05. The molecule has 0 radical (unpaired) electrons. The van der Waals surface area contributed by atoms with Crippen LogP contribution in [0.15, 0.2) is 18.2 Å². The summed E-state index contributed by atoms with van der Waals surface area (Å²) < 4.78 is 4.47. The largest absolute Gasteiger partial charge is 0.380 e. The standard InChI is InChI=1S/C10H12BrNO2/c1-7-4-8(2-3-12)6-9(5-7)10(13)14-11/h4-6H,2-3,12H2,1H3. The number of carbonyl (C=O) groups is 1. The molecular formula is C10H12BrNO2. The molecule has 0 amide bonds. The van der Waals surface area contributed by atoms with Crippen molar-refractivity contribution in [3.8, 4) is 0 Å². The second-order valence-corrected chi connectivity index (χ2v) is 3.43. The monoisotopic (exact) mass is 257 g/mol. The first-order valence-corrected chi connectivity index (χ1v) is 4.95. The first-order valence-electron chi connectivity index (χ1n) is 4.31. The highest BCUT2D eigenvalue weighted by Crippen LogP contribution is 2.12. The number of rotatable bonds is 3. The van der Waals surface area contributed by atoms with Crippen LogP contribution in [0.5, 0.6) is 0 Å². The molecule has 0 atom stereocenters. The van der Waals surface area contributed by atoms with Gasteiger partial charge >= 0.3 is 5.97 Å². The van der Waals surface area contributed by atoms with Crippen molar-refractivity contribution in [3.05, 3.63) is 34.9 Å². The summed E-state index contributed by atoms with van der Waals surface area (Å²) in [7, 11) is 0. The third kappa shape index (κ3) is 2.82. The van der Waals surface area contributed by atoms with Gasteiger partial charge in [0.05, 0.1) is 5.56 Å². The SMILES string of the molecule is Cc1cc(CCN)cc(C(=O)OBr)c1. The summed E-state index contributed by atoms with van der Waals surface area (Å²) >= 11 is 2.67. The van der Waals surface area contributed by atoms with Crippen LogP contribution in [0.1, 0.15) is 21.5 Å². The molecule has 0 aliphatic rings. The minimum atomic E-state index is -0.382. The highest BCUT2D eigenvalue weighted by Gasteiger charge is 2.07. The minimum Gasteiger partial charge on any atom is -0.380 e. The Balaban J connectivity index is 3.00. The van der Waals surface area contributed by atoms with Gasteiger partial charge in [-0.2, -0.15) is 0 Å². The Kier molecular flexibility index (Phi) is 4.10. The van der Waals surface area contributed by atoms with Gasteiger partial charge in [0.2, 0.25) is 0 Å². The van der Waals surface area contributed by atoms with E-state index >= 15 is 0 Å². The molecule has 0 aliphatic carbocycles. The molecule has 0 spiro atoms. The van der Waals surface area contributed by atoms with Gasteiger partial charge in [0, 0.05) is 0 Å². The molecule has 76 valence electrons. The van der Waals surface area contributed by atoms with Gasteiger partial charge < -0.3 is 9.56 Å². The van der Waals surface area contributed by atoms with Crippen molar-refractivity contribution in [2.24, 2.45) is 5.73 Å². The van der Waals surface area contributed by atoms with Crippen molar-refractivity contribution in [2.45, 2.75) is 13.3 Å². The van der Waals surface area contributed by atoms with Crippen molar-refractivity contribution in [1.82, 2.24) is 0 Å². The van der Waals surface area contributed by atoms with E-state index in [-0.39, 0.29) is 5.97 Å². The summed E-state index contributed by atoms with van der Waals surface area (Å²) in [4.78, 5) is 11.2. The van der Waals surface area contributed by atoms with Crippen LogP contribution in [0.3, 0.4) is 0 Å². The van der Waals surface area contributed by atoms with Crippen LogP contribution in [-0.4, -0.2) is 12.5 Å². The van der Waals surface area contributed by atoms with Crippen molar-refractivity contribution < 1.29 is 8.62 Å². The summed E-state index contributed by atoms with van der Waals surface area (Å²) in [5.74, 6) is -0.382. The lowest BCUT2D eigenvalue weighted by atomic mass is 10.0. The number of hydrogen-bond donors (Lipinski definition) is 1. The van der Waals surface area contributed by atoms with Gasteiger partial charge in [-0.1, -0.05) is 6.07 Å². The van der Waals surface area contributed by atoms with E-state index in [9.17, 15) is 4.79 Å². The Morgan fingerprint density at radius 3 is 2.79 bits per heavy atom. The topological polar surface area (TPSA) is 52.3 Å². The number of carbonyl (C=O) groups excluding carboxylic acids is 1. The zero-order valence-corrected chi connectivity index (χ0v) is 9.50. The molecule has 1 aromatic carbocycles. The number of aryl methyl sites for hydroxylation is 1. The minimum absolute atomic E-state index is 0.382. The molecule has 0 heterocycles. The van der Waals surface area contributed by atoms with E-state index in [1.165, 1.54) is 0 Å². The summed E-state index contributed by atoms with van der Waals surface area (Å²) in [6.07, 6.45) is 0.768. The van der Waals surface area contributed by atoms with E-state index in [4.69, 9.17) is 5.73 Å². The molecular weight excluding hydrogens is 246 g/mol. The van der Waals surface area contributed by atoms with E-state index in [2.05, 4.69) is 20.1 Å². The van der Waals surface area contributed by atoms with Gasteiger partial charge in [0.15, 0.2) is 16.3 Å². The molecule has 1 aromatic rings. The van der Waals surface area contributed by atoms with Crippen LogP contribution < -0.4 is 5.73 Å². The van der Waals surface area contributed by atoms with Crippen LogP contribution in [0.4, 0.5) is 0 Å². The highest BCUT2D eigenvalue weighted by atomic mass is 79.9. The van der Waals surface area contributed by atoms with Gasteiger partial charge in [-0.3, -0.25) is 0 Å². The summed E-state index contributed by atoms with van der Waals surface area (Å²) in [5.41, 5.74) is 8.08. The van der Waals surface area contributed by atoms with Gasteiger partial charge in [-0.15, -0.1) is 0 Å². The van der Waals surface area contributed by atoms with E-state index in [0.29, 0.717) is 12.1 Å². The molecule has 4 heteroatoms. The van der Waals surface area contributed by atoms with Crippen molar-refractivity contribution in [1.29, 1.82) is 0 Å². The molecule has 1 rings (SSSR count). The first kappa shape index (κ1) is 11.2. The smallest absolute Gasteiger partial charge is 0.349 e. The van der Waals surface area contributed by atoms with E-state index < -0.39 is 0 Å². The zero-order valence-electron chi connectivity index (χ0n) is 7.92. The van der Waals surface area contributed by atoms with Crippen LogP contribution in [0, 0.1) is 6.92 Å². The summed E-state index contributed by atoms with van der Waals surface area (Å²) in [5, 5.41) is 0. The fourth-order valence-corrected chi connectivity index (χ4v) is 1.52. The number of nitrogens with two attached hydrogens (primary N) is 1. The Hall–Kier alpha value is -0.870. The molecule has 14 heavy (non-hydrogen) atoms. The molecule has 0 aromatic heterocycles. The Bertz CT molecular complexity index is 339. The third-order valence-electron chi connectivity index (χ3n) is 1.88. The van der Waals surface area contributed by atoms with Crippen molar-refractivity contribution in [2.75, 3.05) is 6.54 Å². The molecule has 0 saturated heterocycles. The van der Waals surface area contributed by atoms with Crippen molar-refractivity contribution in [3.63, 3.8) is 0 Å².